The number of benzene rings is 1. The van der Waals surface area contributed by atoms with Crippen molar-refractivity contribution in [3.63, 3.8) is 0 Å². The average Bonchev–Trinajstić information content (AvgIpc) is 3.05. The largest absolute Gasteiger partial charge is 0.484 e. The molecule has 0 unspecified atom stereocenters. The Hall–Kier alpha value is -1.70. The zero-order chi connectivity index (χ0) is 18.7. The third kappa shape index (κ3) is 4.16. The normalized spacial score (nSPS) is 20.8. The van der Waals surface area contributed by atoms with Crippen molar-refractivity contribution >= 4 is 29.1 Å². The Morgan fingerprint density at radius 3 is 2.65 bits per heavy atom. The first-order chi connectivity index (χ1) is 12.4. The van der Waals surface area contributed by atoms with E-state index < -0.39 is 17.7 Å². The third-order valence-electron chi connectivity index (χ3n) is 4.41. The highest BCUT2D eigenvalue weighted by molar-refractivity contribution is 7.97. The van der Waals surface area contributed by atoms with Crippen molar-refractivity contribution < 1.29 is 14.6 Å². The fourth-order valence-electron chi connectivity index (χ4n) is 2.95. The molecule has 2 aromatic rings. The van der Waals surface area contributed by atoms with Gasteiger partial charge in [-0.3, -0.25) is 0 Å². The average molecular weight is 393 g/mol. The van der Waals surface area contributed by atoms with E-state index in [1.54, 1.807) is 11.8 Å². The van der Waals surface area contributed by atoms with Crippen LogP contribution in [0.3, 0.4) is 0 Å². The van der Waals surface area contributed by atoms with Crippen LogP contribution < -0.4 is 15.4 Å². The summed E-state index contributed by atoms with van der Waals surface area (Å²) in [6.45, 7) is 4.08. The topological polar surface area (TPSA) is 70.6 Å². The molecule has 3 N–H and O–H groups in total. The van der Waals surface area contributed by atoms with E-state index in [4.69, 9.17) is 4.74 Å². The van der Waals surface area contributed by atoms with Crippen LogP contribution in [0, 0.1) is 0 Å². The lowest BCUT2D eigenvalue weighted by atomic mass is 9.91. The number of ether oxygens (including phenoxy) is 1. The zero-order valence-corrected chi connectivity index (χ0v) is 16.7. The minimum Gasteiger partial charge on any atom is -0.484 e. The van der Waals surface area contributed by atoms with Crippen molar-refractivity contribution in [2.75, 3.05) is 6.26 Å². The Morgan fingerprint density at radius 1 is 1.27 bits per heavy atom. The van der Waals surface area contributed by atoms with Crippen molar-refractivity contribution in [2.24, 2.45) is 0 Å². The SMILES string of the molecule is CSCc1ccc(CNC(=O)N[C@H]2c3sccc3OC(C)(C)[C@@H]2O)cc1. The summed E-state index contributed by atoms with van der Waals surface area (Å²) >= 11 is 3.25. The van der Waals surface area contributed by atoms with Crippen LogP contribution in [0.5, 0.6) is 5.75 Å². The molecule has 1 aliphatic rings. The smallest absolute Gasteiger partial charge is 0.315 e. The molecule has 7 heteroatoms. The summed E-state index contributed by atoms with van der Waals surface area (Å²) in [4.78, 5) is 13.2. The number of hydrogen-bond acceptors (Lipinski definition) is 5. The van der Waals surface area contributed by atoms with E-state index in [1.165, 1.54) is 16.9 Å². The Kier molecular flexibility index (Phi) is 5.79. The molecule has 3 rings (SSSR count). The number of hydrogen-bond donors (Lipinski definition) is 3. The maximum atomic E-state index is 12.4. The highest BCUT2D eigenvalue weighted by atomic mass is 32.2. The Balaban J connectivity index is 1.61. The number of aliphatic hydroxyl groups excluding tert-OH is 1. The summed E-state index contributed by atoms with van der Waals surface area (Å²) in [6, 6.07) is 9.28. The minimum atomic E-state index is -0.828. The maximum absolute atomic E-state index is 12.4. The van der Waals surface area contributed by atoms with Gasteiger partial charge in [-0.05, 0) is 42.7 Å². The summed E-state index contributed by atoms with van der Waals surface area (Å²) in [5.41, 5.74) is 1.54. The molecule has 0 aliphatic carbocycles. The number of carbonyl (C=O) groups is 1. The van der Waals surface area contributed by atoms with Crippen LogP contribution in [-0.4, -0.2) is 29.1 Å². The van der Waals surface area contributed by atoms with E-state index in [9.17, 15) is 9.90 Å². The van der Waals surface area contributed by atoms with Crippen molar-refractivity contribution in [1.29, 1.82) is 0 Å². The number of fused-ring (bicyclic) bond motifs is 1. The molecule has 1 aliphatic heterocycles. The lowest BCUT2D eigenvalue weighted by Gasteiger charge is -2.40. The summed E-state index contributed by atoms with van der Waals surface area (Å²) in [5.74, 6) is 1.70. The third-order valence-corrected chi connectivity index (χ3v) is 6.02. The van der Waals surface area contributed by atoms with E-state index in [0.717, 1.165) is 21.9 Å². The second kappa shape index (κ2) is 7.90. The van der Waals surface area contributed by atoms with E-state index in [2.05, 4.69) is 29.0 Å². The first kappa shape index (κ1) is 19.1. The minimum absolute atomic E-state index is 0.306. The highest BCUT2D eigenvalue weighted by Crippen LogP contribution is 2.42. The quantitative estimate of drug-likeness (QED) is 0.726. The van der Waals surface area contributed by atoms with E-state index >= 15 is 0 Å². The first-order valence-corrected chi connectivity index (χ1v) is 10.7. The van der Waals surface area contributed by atoms with Gasteiger partial charge in [-0.15, -0.1) is 11.3 Å². The van der Waals surface area contributed by atoms with Gasteiger partial charge in [0.1, 0.15) is 17.5 Å². The Labute approximate surface area is 162 Å². The molecular formula is C19H24N2O3S2. The second-order valence-electron chi connectivity index (χ2n) is 6.85. The predicted molar refractivity (Wildman–Crippen MR) is 107 cm³/mol. The van der Waals surface area contributed by atoms with E-state index in [-0.39, 0.29) is 6.03 Å². The summed E-state index contributed by atoms with van der Waals surface area (Å²) in [7, 11) is 0. The molecule has 0 bridgehead atoms. The molecule has 5 nitrogen and oxygen atoms in total. The van der Waals surface area contributed by atoms with E-state index in [1.807, 2.05) is 37.4 Å². The standard InChI is InChI=1S/C19H24N2O3S2/c1-19(2)17(22)15(16-14(24-19)8-9-26-16)21-18(23)20-10-12-4-6-13(7-5-12)11-25-3/h4-9,15,17,22H,10-11H2,1-3H3,(H2,20,21,23)/t15-,17+/m0/s1. The van der Waals surface area contributed by atoms with Crippen molar-refractivity contribution in [3.05, 3.63) is 51.7 Å². The van der Waals surface area contributed by atoms with Crippen LogP contribution in [0.4, 0.5) is 4.79 Å². The lowest BCUT2D eigenvalue weighted by Crippen LogP contribution is -2.54. The molecule has 0 spiro atoms. The van der Waals surface area contributed by atoms with Gasteiger partial charge in [0.2, 0.25) is 0 Å². The fourth-order valence-corrected chi connectivity index (χ4v) is 4.37. The molecule has 0 saturated carbocycles. The number of amides is 2. The maximum Gasteiger partial charge on any atom is 0.315 e. The molecular weight excluding hydrogens is 368 g/mol. The molecule has 0 radical (unpaired) electrons. The number of aliphatic hydroxyl groups is 1. The lowest BCUT2D eigenvalue weighted by molar-refractivity contribution is -0.0605. The van der Waals surface area contributed by atoms with Gasteiger partial charge in [0, 0.05) is 12.3 Å². The highest BCUT2D eigenvalue weighted by Gasteiger charge is 2.44. The van der Waals surface area contributed by atoms with Gasteiger partial charge in [-0.1, -0.05) is 24.3 Å². The molecule has 0 fully saturated rings. The monoisotopic (exact) mass is 392 g/mol. The van der Waals surface area contributed by atoms with Crippen LogP contribution in [0.2, 0.25) is 0 Å². The molecule has 2 amide bonds. The number of thioether (sulfide) groups is 1. The number of thiophene rings is 1. The first-order valence-electron chi connectivity index (χ1n) is 8.46. The van der Waals surface area contributed by atoms with Gasteiger partial charge in [-0.2, -0.15) is 11.8 Å². The number of urea groups is 1. The van der Waals surface area contributed by atoms with Gasteiger partial charge in [0.05, 0.1) is 10.9 Å². The molecule has 1 aromatic heterocycles. The van der Waals surface area contributed by atoms with Crippen molar-refractivity contribution in [2.45, 2.75) is 43.9 Å². The van der Waals surface area contributed by atoms with Gasteiger partial charge in [0.15, 0.2) is 0 Å². The van der Waals surface area contributed by atoms with Crippen LogP contribution in [-0.2, 0) is 12.3 Å². The van der Waals surface area contributed by atoms with Crippen LogP contribution in [0.15, 0.2) is 35.7 Å². The van der Waals surface area contributed by atoms with Crippen molar-refractivity contribution in [3.8, 4) is 5.75 Å². The number of carbonyl (C=O) groups excluding carboxylic acids is 1. The molecule has 0 saturated heterocycles. The van der Waals surface area contributed by atoms with Gasteiger partial charge < -0.3 is 20.5 Å². The fraction of sp³-hybridized carbons (Fsp3) is 0.421. The van der Waals surface area contributed by atoms with E-state index in [0.29, 0.717) is 6.54 Å². The second-order valence-corrected chi connectivity index (χ2v) is 8.67. The van der Waals surface area contributed by atoms with Gasteiger partial charge in [-0.25, -0.2) is 4.79 Å². The summed E-state index contributed by atoms with van der Waals surface area (Å²) < 4.78 is 5.83. The molecule has 1 aromatic carbocycles. The molecule has 2 heterocycles. The number of rotatable bonds is 5. The van der Waals surface area contributed by atoms with Crippen LogP contribution >= 0.6 is 23.1 Å². The zero-order valence-electron chi connectivity index (χ0n) is 15.1. The predicted octanol–water partition coefficient (Wildman–Crippen LogP) is 3.68. The Bertz CT molecular complexity index is 758. The van der Waals surface area contributed by atoms with Crippen molar-refractivity contribution in [1.82, 2.24) is 10.6 Å². The molecule has 2 atom stereocenters. The summed E-state index contributed by atoms with van der Waals surface area (Å²) in [5, 5.41) is 18.3. The number of nitrogens with one attached hydrogen (secondary N) is 2. The summed E-state index contributed by atoms with van der Waals surface area (Å²) in [6.07, 6.45) is 1.25. The van der Waals surface area contributed by atoms with Gasteiger partial charge in [0.25, 0.3) is 0 Å². The van der Waals surface area contributed by atoms with Crippen LogP contribution in [0.1, 0.15) is 35.9 Å². The van der Waals surface area contributed by atoms with Crippen LogP contribution in [0.25, 0.3) is 0 Å². The Morgan fingerprint density at radius 2 is 1.96 bits per heavy atom. The van der Waals surface area contributed by atoms with Gasteiger partial charge >= 0.3 is 6.03 Å². The molecule has 26 heavy (non-hydrogen) atoms. The molecule has 140 valence electrons.